The summed E-state index contributed by atoms with van der Waals surface area (Å²) in [5, 5.41) is 26.0. The van der Waals surface area contributed by atoms with Crippen LogP contribution in [-0.2, 0) is 16.0 Å². The van der Waals surface area contributed by atoms with E-state index in [9.17, 15) is 14.4 Å². The molecule has 0 fully saturated rings. The van der Waals surface area contributed by atoms with Gasteiger partial charge in [-0.25, -0.2) is 4.79 Å². The van der Waals surface area contributed by atoms with E-state index in [0.29, 0.717) is 27.7 Å². The second kappa shape index (κ2) is 11.7. The van der Waals surface area contributed by atoms with Crippen molar-refractivity contribution < 1.29 is 19.5 Å². The summed E-state index contributed by atoms with van der Waals surface area (Å²) < 4.78 is 1.43. The van der Waals surface area contributed by atoms with Crippen molar-refractivity contribution in [2.45, 2.75) is 12.5 Å². The molecule has 4 rings (SSSR count). The number of nitrogens with zero attached hydrogens (tertiary/aromatic N) is 5. The van der Waals surface area contributed by atoms with Gasteiger partial charge in [0.25, 0.3) is 0 Å². The van der Waals surface area contributed by atoms with Crippen molar-refractivity contribution in [3.63, 3.8) is 0 Å². The van der Waals surface area contributed by atoms with E-state index in [1.165, 1.54) is 41.4 Å². The smallest absolute Gasteiger partial charge is 0.335 e. The van der Waals surface area contributed by atoms with Gasteiger partial charge in [-0.2, -0.15) is 4.68 Å². The molecule has 2 heterocycles. The van der Waals surface area contributed by atoms with Crippen LogP contribution in [0.5, 0.6) is 0 Å². The van der Waals surface area contributed by atoms with Gasteiger partial charge in [-0.3, -0.25) is 14.6 Å². The average molecular weight is 518 g/mol. The first-order valence-electron chi connectivity index (χ1n) is 10.9. The van der Waals surface area contributed by atoms with Gasteiger partial charge in [-0.05, 0) is 71.1 Å². The Hall–Kier alpha value is -4.90. The van der Waals surface area contributed by atoms with Crippen molar-refractivity contribution >= 4 is 41.1 Å². The monoisotopic (exact) mass is 517 g/mol. The summed E-state index contributed by atoms with van der Waals surface area (Å²) in [6, 6.07) is 15.0. The zero-order chi connectivity index (χ0) is 26.2. The van der Waals surface area contributed by atoms with E-state index in [2.05, 4.69) is 31.1 Å². The number of pyridine rings is 1. The fourth-order valence-electron chi connectivity index (χ4n) is 3.39. The maximum absolute atomic E-state index is 13.1. The van der Waals surface area contributed by atoms with Crippen molar-refractivity contribution in [2.75, 3.05) is 5.32 Å². The number of rotatable bonds is 9. The summed E-state index contributed by atoms with van der Waals surface area (Å²) >= 11 is 6.13. The molecule has 2 aromatic carbocycles. The Morgan fingerprint density at radius 1 is 1.08 bits per heavy atom. The van der Waals surface area contributed by atoms with Gasteiger partial charge >= 0.3 is 5.97 Å². The van der Waals surface area contributed by atoms with Crippen molar-refractivity contribution in [1.29, 1.82) is 0 Å². The number of tetrazole rings is 1. The standard InChI is InChI=1S/C25H20ClN7O4/c26-18-7-10-22(33-15-28-31-32-33)17(13-18)6-11-23(34)30-21(14-20-3-1-2-12-27-20)24(35)29-19-8-4-16(5-9-19)25(36)37/h1-13,15,21H,14H2,(H,29,35)(H,30,34)(H,36,37)/b11-6+/t21-/m0/s1. The third-order valence-corrected chi connectivity index (χ3v) is 5.41. The number of nitrogens with one attached hydrogen (secondary N) is 2. The molecule has 0 spiro atoms. The first-order chi connectivity index (χ1) is 17.9. The minimum absolute atomic E-state index is 0.0866. The zero-order valence-corrected chi connectivity index (χ0v) is 19.9. The normalized spacial score (nSPS) is 11.7. The molecule has 0 aliphatic rings. The van der Waals surface area contributed by atoms with Crippen LogP contribution in [0.25, 0.3) is 11.8 Å². The van der Waals surface area contributed by atoms with Crippen molar-refractivity contribution in [3.8, 4) is 5.69 Å². The van der Waals surface area contributed by atoms with Crippen LogP contribution in [0.1, 0.15) is 21.6 Å². The van der Waals surface area contributed by atoms with Gasteiger partial charge < -0.3 is 15.7 Å². The highest BCUT2D eigenvalue weighted by Gasteiger charge is 2.21. The number of carbonyl (C=O) groups is 3. The topological polar surface area (TPSA) is 152 Å². The maximum atomic E-state index is 13.1. The molecule has 12 heteroatoms. The molecule has 0 saturated carbocycles. The lowest BCUT2D eigenvalue weighted by atomic mass is 10.1. The highest BCUT2D eigenvalue weighted by molar-refractivity contribution is 6.30. The molecule has 1 atom stereocenters. The van der Waals surface area contributed by atoms with Gasteiger partial charge in [0.05, 0.1) is 11.3 Å². The van der Waals surface area contributed by atoms with Crippen LogP contribution in [0.15, 0.2) is 79.3 Å². The van der Waals surface area contributed by atoms with Gasteiger partial charge in [-0.1, -0.05) is 17.7 Å². The lowest BCUT2D eigenvalue weighted by Crippen LogP contribution is -2.44. The Kier molecular flexibility index (Phi) is 7.96. The Morgan fingerprint density at radius 3 is 2.57 bits per heavy atom. The number of hydrogen-bond donors (Lipinski definition) is 3. The van der Waals surface area contributed by atoms with Gasteiger partial charge in [-0.15, -0.1) is 5.10 Å². The molecule has 186 valence electrons. The van der Waals surface area contributed by atoms with E-state index >= 15 is 0 Å². The number of aromatic nitrogens is 5. The molecule has 4 aromatic rings. The van der Waals surface area contributed by atoms with Crippen LogP contribution in [0.3, 0.4) is 0 Å². The third kappa shape index (κ3) is 6.83. The van der Waals surface area contributed by atoms with Crippen molar-refractivity contribution in [1.82, 2.24) is 30.5 Å². The Balaban J connectivity index is 1.51. The molecule has 0 aliphatic heterocycles. The molecule has 2 aromatic heterocycles. The fraction of sp³-hybridized carbons (Fsp3) is 0.0800. The maximum Gasteiger partial charge on any atom is 0.335 e. The number of aromatic carboxylic acids is 1. The summed E-state index contributed by atoms with van der Waals surface area (Å²) in [5.74, 6) is -2.10. The molecule has 3 N–H and O–H groups in total. The Bertz CT molecular complexity index is 1430. The second-order valence-corrected chi connectivity index (χ2v) is 8.19. The number of benzene rings is 2. The molecular weight excluding hydrogens is 498 g/mol. The molecule has 0 radical (unpaired) electrons. The molecule has 0 aliphatic carbocycles. The van der Waals surface area contributed by atoms with Crippen LogP contribution in [-0.4, -0.2) is 54.1 Å². The zero-order valence-electron chi connectivity index (χ0n) is 19.2. The summed E-state index contributed by atoms with van der Waals surface area (Å²) in [6.45, 7) is 0. The van der Waals surface area contributed by atoms with E-state index < -0.39 is 23.8 Å². The Morgan fingerprint density at radius 2 is 1.89 bits per heavy atom. The molecule has 0 bridgehead atoms. The predicted molar refractivity (Wildman–Crippen MR) is 135 cm³/mol. The van der Waals surface area contributed by atoms with Crippen molar-refractivity contribution in [2.24, 2.45) is 0 Å². The molecule has 0 unspecified atom stereocenters. The van der Waals surface area contributed by atoms with Gasteiger partial charge in [0.15, 0.2) is 0 Å². The minimum atomic E-state index is -1.08. The van der Waals surface area contributed by atoms with Crippen LogP contribution >= 0.6 is 11.6 Å². The molecular formula is C25H20ClN7O4. The number of carbonyl (C=O) groups excluding carboxylic acids is 2. The number of carboxylic acids is 1. The first kappa shape index (κ1) is 25.2. The minimum Gasteiger partial charge on any atom is -0.478 e. The van der Waals surface area contributed by atoms with Crippen LogP contribution in [0, 0.1) is 0 Å². The third-order valence-electron chi connectivity index (χ3n) is 5.17. The molecule has 0 saturated heterocycles. The lowest BCUT2D eigenvalue weighted by Gasteiger charge is -2.17. The molecule has 37 heavy (non-hydrogen) atoms. The van der Waals surface area contributed by atoms with Crippen molar-refractivity contribution in [3.05, 3.63) is 101 Å². The van der Waals surface area contributed by atoms with Crippen LogP contribution in [0.2, 0.25) is 5.02 Å². The van der Waals surface area contributed by atoms with Crippen LogP contribution < -0.4 is 10.6 Å². The summed E-state index contributed by atoms with van der Waals surface area (Å²) in [4.78, 5) is 41.2. The van der Waals surface area contributed by atoms with E-state index in [4.69, 9.17) is 16.7 Å². The van der Waals surface area contributed by atoms with E-state index in [-0.39, 0.29) is 12.0 Å². The van der Waals surface area contributed by atoms with Gasteiger partial charge in [0.1, 0.15) is 12.4 Å². The number of anilines is 1. The number of hydrogen-bond acceptors (Lipinski definition) is 7. The summed E-state index contributed by atoms with van der Waals surface area (Å²) in [5.41, 5.74) is 2.26. The van der Waals surface area contributed by atoms with E-state index in [0.717, 1.165) is 0 Å². The SMILES string of the molecule is O=C(/C=C/c1cc(Cl)ccc1-n1cnnn1)N[C@@H](Cc1ccccn1)C(=O)Nc1ccc(C(=O)O)cc1. The molecule has 2 amide bonds. The van der Waals surface area contributed by atoms with Gasteiger partial charge in [0.2, 0.25) is 11.8 Å². The predicted octanol–water partition coefficient (Wildman–Crippen LogP) is 2.79. The van der Waals surface area contributed by atoms with E-state index in [1.54, 1.807) is 48.7 Å². The average Bonchev–Trinajstić information content (AvgIpc) is 3.43. The van der Waals surface area contributed by atoms with Crippen LogP contribution in [0.4, 0.5) is 5.69 Å². The number of amides is 2. The first-order valence-corrected chi connectivity index (χ1v) is 11.3. The summed E-state index contributed by atoms with van der Waals surface area (Å²) in [6.07, 6.45) is 5.96. The quantitative estimate of drug-likeness (QED) is 0.286. The lowest BCUT2D eigenvalue weighted by molar-refractivity contribution is -0.123. The second-order valence-electron chi connectivity index (χ2n) is 7.75. The number of halogens is 1. The largest absolute Gasteiger partial charge is 0.478 e. The van der Waals surface area contributed by atoms with Gasteiger partial charge in [0, 0.05) is 40.7 Å². The molecule has 11 nitrogen and oxygen atoms in total. The number of carboxylic acid groups (broad SMARTS) is 1. The highest BCUT2D eigenvalue weighted by atomic mass is 35.5. The highest BCUT2D eigenvalue weighted by Crippen LogP contribution is 2.20. The van der Waals surface area contributed by atoms with E-state index in [1.807, 2.05) is 0 Å². The fourth-order valence-corrected chi connectivity index (χ4v) is 3.57. The Labute approximate surface area is 215 Å². The summed E-state index contributed by atoms with van der Waals surface area (Å²) in [7, 11) is 0.